The van der Waals surface area contributed by atoms with E-state index in [1.165, 1.54) is 0 Å². The van der Waals surface area contributed by atoms with Crippen LogP contribution in [0.3, 0.4) is 0 Å². The largest absolute Gasteiger partial charge is 0.323 e. The van der Waals surface area contributed by atoms with Crippen molar-refractivity contribution in [3.63, 3.8) is 0 Å². The summed E-state index contributed by atoms with van der Waals surface area (Å²) in [5.41, 5.74) is 5.39. The second-order valence-corrected chi connectivity index (χ2v) is 4.95. The lowest BCUT2D eigenvalue weighted by Gasteiger charge is -2.11. The molecule has 0 saturated heterocycles. The van der Waals surface area contributed by atoms with Crippen LogP contribution in [0.1, 0.15) is 19.5 Å². The number of hydrazine groups is 1. The molecule has 0 bridgehead atoms. The van der Waals surface area contributed by atoms with E-state index in [1.807, 2.05) is 24.3 Å². The van der Waals surface area contributed by atoms with Crippen molar-refractivity contribution in [3.8, 4) is 0 Å². The summed E-state index contributed by atoms with van der Waals surface area (Å²) in [5, 5.41) is 1.61. The summed E-state index contributed by atoms with van der Waals surface area (Å²) < 4.78 is 0. The number of nitrogens with zero attached hydrogens (tertiary/aromatic N) is 1. The first kappa shape index (κ1) is 12.1. The van der Waals surface area contributed by atoms with Crippen LogP contribution >= 0.6 is 11.6 Å². The smallest absolute Gasteiger partial charge is 0.0912 e. The van der Waals surface area contributed by atoms with Crippen molar-refractivity contribution in [1.29, 1.82) is 0 Å². The first-order valence-corrected chi connectivity index (χ1v) is 6.04. The summed E-state index contributed by atoms with van der Waals surface area (Å²) >= 11 is 6.16. The summed E-state index contributed by atoms with van der Waals surface area (Å²) in [4.78, 5) is 4.60. The lowest BCUT2D eigenvalue weighted by molar-refractivity contribution is 0.637. The van der Waals surface area contributed by atoms with Gasteiger partial charge in [-0.25, -0.2) is 0 Å². The standard InChI is InChI=1S/C13H16ClN3/c1-8(2)6-9-7-12(17-15)10-4-3-5-11(14)13(10)16-9/h3-5,7-8H,6,15H2,1-2H3,(H,16,17). The minimum atomic E-state index is 0.549. The molecule has 0 radical (unpaired) electrons. The highest BCUT2D eigenvalue weighted by atomic mass is 35.5. The number of pyridine rings is 1. The van der Waals surface area contributed by atoms with Gasteiger partial charge in [-0.05, 0) is 24.5 Å². The Kier molecular flexibility index (Phi) is 3.50. The molecule has 0 aliphatic heterocycles. The van der Waals surface area contributed by atoms with Crippen molar-refractivity contribution in [2.45, 2.75) is 20.3 Å². The molecule has 0 spiro atoms. The Labute approximate surface area is 106 Å². The molecular weight excluding hydrogens is 234 g/mol. The molecule has 1 aromatic heterocycles. The predicted molar refractivity (Wildman–Crippen MR) is 73.1 cm³/mol. The summed E-state index contributed by atoms with van der Waals surface area (Å²) in [6.07, 6.45) is 0.913. The van der Waals surface area contributed by atoms with Gasteiger partial charge in [0.1, 0.15) is 0 Å². The van der Waals surface area contributed by atoms with E-state index in [-0.39, 0.29) is 0 Å². The number of hydrogen-bond donors (Lipinski definition) is 2. The number of hydrogen-bond acceptors (Lipinski definition) is 3. The van der Waals surface area contributed by atoms with Gasteiger partial charge in [0, 0.05) is 11.1 Å². The van der Waals surface area contributed by atoms with Gasteiger partial charge in [-0.2, -0.15) is 0 Å². The Morgan fingerprint density at radius 3 is 2.82 bits per heavy atom. The van der Waals surface area contributed by atoms with Crippen LogP contribution in [0.5, 0.6) is 0 Å². The normalized spacial score (nSPS) is 11.1. The molecular formula is C13H16ClN3. The first-order valence-electron chi connectivity index (χ1n) is 5.66. The number of anilines is 1. The summed E-state index contributed by atoms with van der Waals surface area (Å²) in [6, 6.07) is 7.69. The Bertz CT molecular complexity index is 537. The van der Waals surface area contributed by atoms with Gasteiger partial charge >= 0.3 is 0 Å². The highest BCUT2D eigenvalue weighted by Gasteiger charge is 2.08. The van der Waals surface area contributed by atoms with Crippen molar-refractivity contribution in [3.05, 3.63) is 35.0 Å². The van der Waals surface area contributed by atoms with Gasteiger partial charge in [0.05, 0.1) is 16.2 Å². The lowest BCUT2D eigenvalue weighted by Crippen LogP contribution is -2.09. The molecule has 90 valence electrons. The summed E-state index contributed by atoms with van der Waals surface area (Å²) in [6.45, 7) is 4.32. The van der Waals surface area contributed by atoms with E-state index in [4.69, 9.17) is 17.4 Å². The van der Waals surface area contributed by atoms with Gasteiger partial charge in [0.15, 0.2) is 0 Å². The highest BCUT2D eigenvalue weighted by molar-refractivity contribution is 6.35. The van der Waals surface area contributed by atoms with Crippen LogP contribution in [0.4, 0.5) is 5.69 Å². The van der Waals surface area contributed by atoms with E-state index in [2.05, 4.69) is 24.3 Å². The SMILES string of the molecule is CC(C)Cc1cc(NN)c2cccc(Cl)c2n1. The van der Waals surface area contributed by atoms with Crippen LogP contribution in [0.25, 0.3) is 10.9 Å². The average Bonchev–Trinajstić information content (AvgIpc) is 2.28. The number of nitrogen functional groups attached to an aromatic ring is 1. The van der Waals surface area contributed by atoms with Crippen molar-refractivity contribution >= 4 is 28.2 Å². The molecule has 17 heavy (non-hydrogen) atoms. The third-order valence-electron chi connectivity index (χ3n) is 2.62. The Morgan fingerprint density at radius 2 is 2.18 bits per heavy atom. The molecule has 2 rings (SSSR count). The average molecular weight is 250 g/mol. The van der Waals surface area contributed by atoms with Crippen LogP contribution < -0.4 is 11.3 Å². The maximum absolute atomic E-state index is 6.16. The molecule has 3 nitrogen and oxygen atoms in total. The van der Waals surface area contributed by atoms with E-state index >= 15 is 0 Å². The maximum Gasteiger partial charge on any atom is 0.0912 e. The Morgan fingerprint density at radius 1 is 1.41 bits per heavy atom. The molecule has 1 heterocycles. The zero-order chi connectivity index (χ0) is 12.4. The molecule has 0 aliphatic carbocycles. The van der Waals surface area contributed by atoms with Crippen LogP contribution in [0.2, 0.25) is 5.02 Å². The Balaban J connectivity index is 2.63. The summed E-state index contributed by atoms with van der Waals surface area (Å²) in [5.74, 6) is 6.09. The minimum Gasteiger partial charge on any atom is -0.323 e. The number of fused-ring (bicyclic) bond motifs is 1. The molecule has 4 heteroatoms. The molecule has 0 atom stereocenters. The predicted octanol–water partition coefficient (Wildman–Crippen LogP) is 3.37. The third-order valence-corrected chi connectivity index (χ3v) is 2.92. The van der Waals surface area contributed by atoms with Crippen LogP contribution in [-0.2, 0) is 6.42 Å². The fourth-order valence-corrected chi connectivity index (χ4v) is 2.13. The molecule has 1 aromatic carbocycles. The monoisotopic (exact) mass is 249 g/mol. The van der Waals surface area contributed by atoms with Crippen LogP contribution in [-0.4, -0.2) is 4.98 Å². The molecule has 2 aromatic rings. The van der Waals surface area contributed by atoms with Crippen LogP contribution in [0, 0.1) is 5.92 Å². The molecule has 3 N–H and O–H groups in total. The minimum absolute atomic E-state index is 0.549. The number of nitrogens with one attached hydrogen (secondary N) is 1. The highest BCUT2D eigenvalue weighted by Crippen LogP contribution is 2.28. The summed E-state index contributed by atoms with van der Waals surface area (Å²) in [7, 11) is 0. The number of rotatable bonds is 3. The molecule has 0 aliphatic rings. The third kappa shape index (κ3) is 2.51. The van der Waals surface area contributed by atoms with E-state index < -0.39 is 0 Å². The lowest BCUT2D eigenvalue weighted by atomic mass is 10.1. The van der Waals surface area contributed by atoms with Crippen molar-refractivity contribution in [1.82, 2.24) is 4.98 Å². The number of benzene rings is 1. The van der Waals surface area contributed by atoms with E-state index in [0.717, 1.165) is 28.7 Å². The van der Waals surface area contributed by atoms with E-state index in [1.54, 1.807) is 0 Å². The van der Waals surface area contributed by atoms with E-state index in [0.29, 0.717) is 10.9 Å². The van der Waals surface area contributed by atoms with Gasteiger partial charge in [0.25, 0.3) is 0 Å². The zero-order valence-corrected chi connectivity index (χ0v) is 10.8. The zero-order valence-electron chi connectivity index (χ0n) is 10.00. The number of nitrogens with two attached hydrogens (primary N) is 1. The maximum atomic E-state index is 6.16. The molecule has 0 amide bonds. The number of halogens is 1. The van der Waals surface area contributed by atoms with Crippen LogP contribution in [0.15, 0.2) is 24.3 Å². The fraction of sp³-hybridized carbons (Fsp3) is 0.308. The van der Waals surface area contributed by atoms with Crippen molar-refractivity contribution in [2.24, 2.45) is 11.8 Å². The second-order valence-electron chi connectivity index (χ2n) is 4.54. The quantitative estimate of drug-likeness (QED) is 0.648. The topological polar surface area (TPSA) is 50.9 Å². The first-order chi connectivity index (χ1) is 8.11. The number of para-hydroxylation sites is 1. The van der Waals surface area contributed by atoms with Crippen molar-refractivity contribution in [2.75, 3.05) is 5.43 Å². The van der Waals surface area contributed by atoms with Gasteiger partial charge in [0.2, 0.25) is 0 Å². The van der Waals surface area contributed by atoms with Gasteiger partial charge in [-0.3, -0.25) is 10.8 Å². The fourth-order valence-electron chi connectivity index (χ4n) is 1.91. The van der Waals surface area contributed by atoms with Gasteiger partial charge < -0.3 is 5.43 Å². The molecule has 0 unspecified atom stereocenters. The Hall–Kier alpha value is -1.32. The number of aromatic nitrogens is 1. The van der Waals surface area contributed by atoms with E-state index in [9.17, 15) is 0 Å². The van der Waals surface area contributed by atoms with Gasteiger partial charge in [-0.1, -0.05) is 37.6 Å². The van der Waals surface area contributed by atoms with Gasteiger partial charge in [-0.15, -0.1) is 0 Å². The molecule has 0 fully saturated rings. The second kappa shape index (κ2) is 4.90. The van der Waals surface area contributed by atoms with Crippen molar-refractivity contribution < 1.29 is 0 Å². The molecule has 0 saturated carbocycles.